The van der Waals surface area contributed by atoms with Crippen molar-refractivity contribution in [2.24, 2.45) is 0 Å². The summed E-state index contributed by atoms with van der Waals surface area (Å²) in [6.07, 6.45) is 0. The average molecular weight is 308 g/mol. The van der Waals surface area contributed by atoms with Gasteiger partial charge in [-0.05, 0) is 26.7 Å². The number of hydrogen-bond acceptors (Lipinski definition) is 4. The van der Waals surface area contributed by atoms with Gasteiger partial charge in [0.15, 0.2) is 0 Å². The molecule has 1 aliphatic rings. The number of halogens is 2. The summed E-state index contributed by atoms with van der Waals surface area (Å²) in [6, 6.07) is 5.16. The van der Waals surface area contributed by atoms with Gasteiger partial charge >= 0.3 is 11.9 Å². The van der Waals surface area contributed by atoms with Gasteiger partial charge in [-0.2, -0.15) is 8.78 Å². The van der Waals surface area contributed by atoms with Crippen LogP contribution in [0.3, 0.4) is 0 Å². The molecule has 0 unspecified atom stereocenters. The molecular weight excluding hydrogens is 294 g/mol. The lowest BCUT2D eigenvalue weighted by Gasteiger charge is -2.23. The lowest BCUT2D eigenvalue weighted by molar-refractivity contribution is -0.147. The van der Waals surface area contributed by atoms with Gasteiger partial charge in [-0.15, -0.1) is 0 Å². The van der Waals surface area contributed by atoms with Crippen LogP contribution in [0.1, 0.15) is 36.7 Å². The number of aliphatic hydroxyl groups is 1. The SMILES string of the molecule is CC(C)(C)OC(=O)C#C[C@@]1(O)c2ccccc2C(=O)C1(F)F. The van der Waals surface area contributed by atoms with Crippen molar-refractivity contribution in [1.29, 1.82) is 0 Å². The number of esters is 1. The van der Waals surface area contributed by atoms with Gasteiger partial charge in [0.1, 0.15) is 5.60 Å². The molecule has 1 aromatic rings. The molecule has 0 saturated carbocycles. The van der Waals surface area contributed by atoms with Gasteiger partial charge in [0, 0.05) is 17.0 Å². The zero-order valence-corrected chi connectivity index (χ0v) is 12.2. The van der Waals surface area contributed by atoms with Crippen molar-refractivity contribution >= 4 is 11.8 Å². The first-order valence-electron chi connectivity index (χ1n) is 6.50. The predicted molar refractivity (Wildman–Crippen MR) is 73.2 cm³/mol. The molecule has 0 radical (unpaired) electrons. The van der Waals surface area contributed by atoms with Crippen LogP contribution in [0, 0.1) is 11.8 Å². The van der Waals surface area contributed by atoms with Crippen LogP contribution in [0.25, 0.3) is 0 Å². The maximum atomic E-state index is 14.1. The second kappa shape index (κ2) is 4.89. The first-order valence-corrected chi connectivity index (χ1v) is 6.50. The van der Waals surface area contributed by atoms with Gasteiger partial charge in [-0.25, -0.2) is 4.79 Å². The lowest BCUT2D eigenvalue weighted by atomic mass is 9.94. The van der Waals surface area contributed by atoms with Crippen LogP contribution in [0.2, 0.25) is 0 Å². The second-order valence-electron chi connectivity index (χ2n) is 5.91. The fourth-order valence-corrected chi connectivity index (χ4v) is 2.09. The molecule has 1 N–H and O–H groups in total. The molecule has 4 nitrogen and oxygen atoms in total. The van der Waals surface area contributed by atoms with E-state index >= 15 is 0 Å². The fourth-order valence-electron chi connectivity index (χ4n) is 2.09. The van der Waals surface area contributed by atoms with Crippen LogP contribution in [0.5, 0.6) is 0 Å². The van der Waals surface area contributed by atoms with Gasteiger partial charge in [0.2, 0.25) is 11.4 Å². The third-order valence-electron chi connectivity index (χ3n) is 3.05. The number of hydrogen-bond donors (Lipinski definition) is 1. The van der Waals surface area contributed by atoms with Crippen LogP contribution in [0.4, 0.5) is 8.78 Å². The molecule has 0 amide bonds. The smallest absolute Gasteiger partial charge is 0.384 e. The zero-order chi connectivity index (χ0) is 16.8. The Morgan fingerprint density at radius 3 is 2.45 bits per heavy atom. The summed E-state index contributed by atoms with van der Waals surface area (Å²) in [4.78, 5) is 23.2. The molecule has 0 aliphatic heterocycles. The second-order valence-corrected chi connectivity index (χ2v) is 5.91. The summed E-state index contributed by atoms with van der Waals surface area (Å²) in [6.45, 7) is 4.76. The van der Waals surface area contributed by atoms with Crippen LogP contribution < -0.4 is 0 Å². The van der Waals surface area contributed by atoms with Crippen molar-refractivity contribution in [2.75, 3.05) is 0 Å². The molecule has 0 bridgehead atoms. The Bertz CT molecular complexity index is 707. The summed E-state index contributed by atoms with van der Waals surface area (Å²) in [5.74, 6) is -3.06. The van der Waals surface area contributed by atoms with Crippen molar-refractivity contribution in [2.45, 2.75) is 37.9 Å². The largest absolute Gasteiger partial charge is 0.450 e. The van der Waals surface area contributed by atoms with Crippen LogP contribution >= 0.6 is 0 Å². The molecule has 0 heterocycles. The molecule has 0 saturated heterocycles. The van der Waals surface area contributed by atoms with Crippen LogP contribution in [-0.4, -0.2) is 28.4 Å². The summed E-state index contributed by atoms with van der Waals surface area (Å²) in [5, 5.41) is 10.2. The lowest BCUT2D eigenvalue weighted by Crippen LogP contribution is -2.44. The number of carbonyl (C=O) groups excluding carboxylic acids is 2. The van der Waals surface area contributed by atoms with E-state index in [9.17, 15) is 23.5 Å². The number of alkyl halides is 2. The van der Waals surface area contributed by atoms with E-state index in [1.54, 1.807) is 20.8 Å². The van der Waals surface area contributed by atoms with E-state index in [4.69, 9.17) is 4.74 Å². The van der Waals surface area contributed by atoms with Gasteiger partial charge in [0.25, 0.3) is 0 Å². The molecule has 1 atom stereocenters. The highest BCUT2D eigenvalue weighted by Gasteiger charge is 2.65. The highest BCUT2D eigenvalue weighted by Crippen LogP contribution is 2.47. The molecule has 2 rings (SSSR count). The maximum absolute atomic E-state index is 14.1. The maximum Gasteiger partial charge on any atom is 0.384 e. The van der Waals surface area contributed by atoms with Gasteiger partial charge < -0.3 is 9.84 Å². The Labute approximate surface area is 126 Å². The number of carbonyl (C=O) groups is 2. The number of ketones is 1. The van der Waals surface area contributed by atoms with Crippen molar-refractivity contribution in [3.8, 4) is 11.8 Å². The van der Waals surface area contributed by atoms with E-state index in [-0.39, 0.29) is 11.1 Å². The van der Waals surface area contributed by atoms with E-state index in [1.807, 2.05) is 11.8 Å². The number of rotatable bonds is 0. The highest BCUT2D eigenvalue weighted by atomic mass is 19.3. The van der Waals surface area contributed by atoms with Gasteiger partial charge in [-0.1, -0.05) is 24.3 Å². The molecule has 0 spiro atoms. The minimum absolute atomic E-state index is 0.312. The minimum Gasteiger partial charge on any atom is -0.450 e. The number of benzene rings is 1. The molecule has 22 heavy (non-hydrogen) atoms. The van der Waals surface area contributed by atoms with E-state index < -0.39 is 28.9 Å². The number of fused-ring (bicyclic) bond motifs is 1. The Morgan fingerprint density at radius 1 is 1.27 bits per heavy atom. The normalized spacial score (nSPS) is 22.5. The van der Waals surface area contributed by atoms with Gasteiger partial charge in [0.05, 0.1) is 0 Å². The van der Waals surface area contributed by atoms with Crippen LogP contribution in [0.15, 0.2) is 24.3 Å². The Kier molecular flexibility index (Phi) is 3.58. The molecule has 6 heteroatoms. The zero-order valence-electron chi connectivity index (χ0n) is 12.2. The minimum atomic E-state index is -4.13. The molecule has 116 valence electrons. The highest BCUT2D eigenvalue weighted by molar-refractivity contribution is 6.08. The summed E-state index contributed by atoms with van der Waals surface area (Å²) in [5.41, 5.74) is -4.52. The molecule has 1 aromatic carbocycles. The number of Topliss-reactive ketones (excluding diaryl/α,β-unsaturated/α-hetero) is 1. The summed E-state index contributed by atoms with van der Waals surface area (Å²) in [7, 11) is 0. The molecule has 0 fully saturated rings. The van der Waals surface area contributed by atoms with Crippen molar-refractivity contribution in [3.63, 3.8) is 0 Å². The van der Waals surface area contributed by atoms with Crippen molar-refractivity contribution < 1.29 is 28.2 Å². The van der Waals surface area contributed by atoms with E-state index in [0.717, 1.165) is 0 Å². The number of ether oxygens (including phenoxy) is 1. The van der Waals surface area contributed by atoms with E-state index in [2.05, 4.69) is 0 Å². The molecule has 0 aromatic heterocycles. The van der Waals surface area contributed by atoms with E-state index in [0.29, 0.717) is 0 Å². The summed E-state index contributed by atoms with van der Waals surface area (Å²) >= 11 is 0. The average Bonchev–Trinajstić information content (AvgIpc) is 2.55. The monoisotopic (exact) mass is 308 g/mol. The standard InChI is InChI=1S/C16H14F2O4/c1-14(2,3)22-12(19)8-9-15(21)11-7-5-4-6-10(11)13(20)16(15,17)18/h4-7,21H,1-3H3/t15-/m1/s1. The van der Waals surface area contributed by atoms with Crippen molar-refractivity contribution in [3.05, 3.63) is 35.4 Å². The topological polar surface area (TPSA) is 63.6 Å². The Morgan fingerprint density at radius 2 is 1.86 bits per heavy atom. The Balaban J connectivity index is 2.46. The quantitative estimate of drug-likeness (QED) is 0.453. The van der Waals surface area contributed by atoms with E-state index in [1.165, 1.54) is 24.3 Å². The third kappa shape index (κ3) is 2.48. The fraction of sp³-hybridized carbons (Fsp3) is 0.375. The molecular formula is C16H14F2O4. The predicted octanol–water partition coefficient (Wildman–Crippen LogP) is 2.05. The van der Waals surface area contributed by atoms with Crippen LogP contribution in [-0.2, 0) is 15.1 Å². The first-order chi connectivity index (χ1) is 9.99. The first kappa shape index (κ1) is 16.1. The van der Waals surface area contributed by atoms with Gasteiger partial charge in [-0.3, -0.25) is 4.79 Å². The molecule has 1 aliphatic carbocycles. The Hall–Kier alpha value is -2.26. The third-order valence-corrected chi connectivity index (χ3v) is 3.05. The van der Waals surface area contributed by atoms with Crippen molar-refractivity contribution in [1.82, 2.24) is 0 Å². The summed E-state index contributed by atoms with van der Waals surface area (Å²) < 4.78 is 33.1.